The average molecular weight is 632 g/mol. The molecule has 244 valence electrons. The zero-order chi connectivity index (χ0) is 31.9. The molecule has 11 nitrogen and oxygen atoms in total. The van der Waals surface area contributed by atoms with Gasteiger partial charge in [0.1, 0.15) is 18.4 Å². The fourth-order valence-electron chi connectivity index (χ4n) is 5.40. The van der Waals surface area contributed by atoms with Crippen molar-refractivity contribution in [1.29, 1.82) is 0 Å². The maximum atomic E-state index is 13.0. The highest BCUT2D eigenvalue weighted by Crippen LogP contribution is 2.33. The molecule has 3 rings (SSSR count). The van der Waals surface area contributed by atoms with Gasteiger partial charge in [-0.2, -0.15) is 11.8 Å². The molecule has 1 unspecified atom stereocenters. The third kappa shape index (κ3) is 12.1. The Balaban J connectivity index is 1.29. The number of ether oxygens (including phenoxy) is 1. The van der Waals surface area contributed by atoms with Crippen LogP contribution in [0, 0.1) is 5.92 Å². The van der Waals surface area contributed by atoms with Crippen molar-refractivity contribution in [3.05, 3.63) is 35.9 Å². The first-order chi connectivity index (χ1) is 21.2. The van der Waals surface area contributed by atoms with E-state index in [2.05, 4.69) is 26.6 Å². The van der Waals surface area contributed by atoms with Gasteiger partial charge >= 0.3 is 6.03 Å². The van der Waals surface area contributed by atoms with Crippen molar-refractivity contribution in [2.24, 2.45) is 5.92 Å². The number of carbonyl (C=O) groups is 5. The standard InChI is InChI=1S/C32H49N5O6S/c1-21(2)17-25(35-30(40)22(3)43-19-23-11-5-4-6-12-23)31(41)34-24(18-38)13-9-10-16-33-28(39)15-8-7-14-27-29-26(20-44-27)36-32(42)37-29/h4-6,11-12,18,21-22,24-27,29H,7-10,13-17,19-20H2,1-3H3,(H,33,39)(H,34,41)(H,35,40)(H2,36,37,42)/t22?,24-,25-,26-,27-,29-/m0/s1. The molecule has 44 heavy (non-hydrogen) atoms. The van der Waals surface area contributed by atoms with Crippen molar-refractivity contribution >= 4 is 41.8 Å². The van der Waals surface area contributed by atoms with E-state index in [9.17, 15) is 24.0 Å². The number of nitrogens with one attached hydrogen (secondary N) is 5. The number of benzene rings is 1. The molecular formula is C32H49N5O6S. The van der Waals surface area contributed by atoms with E-state index in [-0.39, 0.29) is 42.5 Å². The monoisotopic (exact) mass is 631 g/mol. The Morgan fingerprint density at radius 1 is 1.02 bits per heavy atom. The zero-order valence-corrected chi connectivity index (χ0v) is 27.0. The summed E-state index contributed by atoms with van der Waals surface area (Å²) in [5.41, 5.74) is 0.948. The van der Waals surface area contributed by atoms with Crippen molar-refractivity contribution in [3.8, 4) is 0 Å². The number of aldehydes is 1. The number of unbranched alkanes of at least 4 members (excludes halogenated alkanes) is 2. The second-order valence-corrected chi connectivity index (χ2v) is 13.4. The molecule has 12 heteroatoms. The van der Waals surface area contributed by atoms with Crippen molar-refractivity contribution in [2.45, 2.75) is 114 Å². The highest BCUT2D eigenvalue weighted by Gasteiger charge is 2.42. The molecule has 0 aromatic heterocycles. The summed E-state index contributed by atoms with van der Waals surface area (Å²) in [5.74, 6) is 0.303. The molecule has 0 saturated carbocycles. The summed E-state index contributed by atoms with van der Waals surface area (Å²) in [5, 5.41) is 14.8. The van der Waals surface area contributed by atoms with E-state index in [4.69, 9.17) is 4.74 Å². The quantitative estimate of drug-likeness (QED) is 0.0842. The Labute approximate surface area is 265 Å². The number of amides is 5. The minimum absolute atomic E-state index is 0.00673. The molecule has 2 aliphatic heterocycles. The van der Waals surface area contributed by atoms with Gasteiger partial charge < -0.3 is 36.1 Å². The summed E-state index contributed by atoms with van der Waals surface area (Å²) in [7, 11) is 0. The fraction of sp³-hybridized carbons (Fsp3) is 0.656. The Morgan fingerprint density at radius 2 is 1.80 bits per heavy atom. The molecule has 0 bridgehead atoms. The largest absolute Gasteiger partial charge is 0.364 e. The number of rotatable bonds is 20. The Hall–Kier alpha value is -3.12. The SMILES string of the molecule is CC(C)C[C@H](NC(=O)C(C)OCc1ccccc1)C(=O)N[C@H](C=O)CCCCNC(=O)CCCC[C@@H]1SC[C@@H]2NC(=O)N[C@@H]21. The highest BCUT2D eigenvalue weighted by atomic mass is 32.2. The van der Waals surface area contributed by atoms with Crippen LogP contribution in [0.15, 0.2) is 30.3 Å². The van der Waals surface area contributed by atoms with E-state index in [1.165, 1.54) is 0 Å². The topological polar surface area (TPSA) is 155 Å². The lowest BCUT2D eigenvalue weighted by atomic mass is 10.0. The fourth-order valence-corrected chi connectivity index (χ4v) is 6.94. The Kier molecular flexibility index (Phi) is 15.0. The number of thioether (sulfide) groups is 1. The number of carbonyl (C=O) groups excluding carboxylic acids is 5. The molecule has 0 aliphatic carbocycles. The van der Waals surface area contributed by atoms with Gasteiger partial charge in [0.15, 0.2) is 0 Å². The summed E-state index contributed by atoms with van der Waals surface area (Å²) < 4.78 is 5.69. The molecular weight excluding hydrogens is 582 g/mol. The summed E-state index contributed by atoms with van der Waals surface area (Å²) in [4.78, 5) is 61.3. The van der Waals surface area contributed by atoms with Crippen LogP contribution in [0.1, 0.15) is 77.7 Å². The molecule has 0 spiro atoms. The lowest BCUT2D eigenvalue weighted by Crippen LogP contribution is -2.52. The van der Waals surface area contributed by atoms with E-state index in [1.54, 1.807) is 6.92 Å². The molecule has 1 aromatic rings. The average Bonchev–Trinajstić information content (AvgIpc) is 3.56. The van der Waals surface area contributed by atoms with Gasteiger partial charge in [0, 0.05) is 24.0 Å². The van der Waals surface area contributed by atoms with Crippen LogP contribution >= 0.6 is 11.8 Å². The molecule has 5 amide bonds. The van der Waals surface area contributed by atoms with Crippen molar-refractivity contribution in [3.63, 3.8) is 0 Å². The number of fused-ring (bicyclic) bond motifs is 1. The van der Waals surface area contributed by atoms with Gasteiger partial charge in [0.2, 0.25) is 17.7 Å². The van der Waals surface area contributed by atoms with E-state index >= 15 is 0 Å². The van der Waals surface area contributed by atoms with Crippen LogP contribution < -0.4 is 26.6 Å². The first-order valence-electron chi connectivity index (χ1n) is 15.8. The lowest BCUT2D eigenvalue weighted by Gasteiger charge is -2.24. The summed E-state index contributed by atoms with van der Waals surface area (Å²) in [6.07, 6.45) is 5.34. The van der Waals surface area contributed by atoms with Gasteiger partial charge in [0.05, 0.1) is 24.7 Å². The zero-order valence-electron chi connectivity index (χ0n) is 26.1. The van der Waals surface area contributed by atoms with E-state index < -0.39 is 24.1 Å². The predicted octanol–water partition coefficient (Wildman–Crippen LogP) is 2.82. The summed E-state index contributed by atoms with van der Waals surface area (Å²) in [6.45, 7) is 6.36. The molecule has 6 atom stereocenters. The van der Waals surface area contributed by atoms with E-state index in [1.807, 2.05) is 55.9 Å². The number of urea groups is 1. The first kappa shape index (κ1) is 35.4. The normalized spacial score (nSPS) is 21.0. The van der Waals surface area contributed by atoms with Crippen LogP contribution in [-0.2, 0) is 30.5 Å². The van der Waals surface area contributed by atoms with Gasteiger partial charge in [-0.05, 0) is 56.9 Å². The maximum Gasteiger partial charge on any atom is 0.315 e. The molecule has 2 heterocycles. The smallest absolute Gasteiger partial charge is 0.315 e. The second kappa shape index (κ2) is 18.6. The Bertz CT molecular complexity index is 1090. The highest BCUT2D eigenvalue weighted by molar-refractivity contribution is 8.00. The van der Waals surface area contributed by atoms with Crippen LogP contribution in [-0.4, -0.2) is 77.9 Å². The molecule has 1 aromatic carbocycles. The van der Waals surface area contributed by atoms with Crippen LogP contribution in [0.2, 0.25) is 0 Å². The second-order valence-electron chi connectivity index (χ2n) is 12.1. The molecule has 0 radical (unpaired) electrons. The first-order valence-corrected chi connectivity index (χ1v) is 16.9. The molecule has 2 fully saturated rings. The minimum Gasteiger partial charge on any atom is -0.364 e. The summed E-state index contributed by atoms with van der Waals surface area (Å²) in [6, 6.07) is 8.40. The number of hydrogen-bond donors (Lipinski definition) is 5. The van der Waals surface area contributed by atoms with Crippen molar-refractivity contribution < 1.29 is 28.7 Å². The molecule has 2 saturated heterocycles. The van der Waals surface area contributed by atoms with Gasteiger partial charge in [-0.3, -0.25) is 14.4 Å². The van der Waals surface area contributed by atoms with Crippen molar-refractivity contribution in [2.75, 3.05) is 12.3 Å². The van der Waals surface area contributed by atoms with Crippen LogP contribution in [0.25, 0.3) is 0 Å². The molecule has 5 N–H and O–H groups in total. The summed E-state index contributed by atoms with van der Waals surface area (Å²) >= 11 is 1.88. The number of hydrogen-bond acceptors (Lipinski definition) is 7. The van der Waals surface area contributed by atoms with Crippen LogP contribution in [0.4, 0.5) is 4.79 Å². The third-order valence-corrected chi connectivity index (χ3v) is 9.40. The Morgan fingerprint density at radius 3 is 2.52 bits per heavy atom. The maximum absolute atomic E-state index is 13.0. The third-order valence-electron chi connectivity index (χ3n) is 7.89. The van der Waals surface area contributed by atoms with Crippen molar-refractivity contribution in [1.82, 2.24) is 26.6 Å². The van der Waals surface area contributed by atoms with Crippen LogP contribution in [0.5, 0.6) is 0 Å². The molecule has 2 aliphatic rings. The van der Waals surface area contributed by atoms with Gasteiger partial charge in [-0.1, -0.05) is 50.6 Å². The lowest BCUT2D eigenvalue weighted by molar-refractivity contribution is -0.137. The predicted molar refractivity (Wildman–Crippen MR) is 171 cm³/mol. The minimum atomic E-state index is -0.783. The van der Waals surface area contributed by atoms with E-state index in [0.29, 0.717) is 50.2 Å². The van der Waals surface area contributed by atoms with Crippen LogP contribution in [0.3, 0.4) is 0 Å². The van der Waals surface area contributed by atoms with E-state index in [0.717, 1.165) is 30.6 Å². The van der Waals surface area contributed by atoms with Gasteiger partial charge in [0.25, 0.3) is 0 Å². The van der Waals surface area contributed by atoms with Gasteiger partial charge in [-0.25, -0.2) is 4.79 Å². The van der Waals surface area contributed by atoms with Gasteiger partial charge in [-0.15, -0.1) is 0 Å².